The third-order valence-electron chi connectivity index (χ3n) is 2.47. The van der Waals surface area contributed by atoms with Gasteiger partial charge in [-0.05, 0) is 50.8 Å². The van der Waals surface area contributed by atoms with Gasteiger partial charge in [0, 0.05) is 5.56 Å². The molecule has 1 aromatic carbocycles. The second-order valence-corrected chi connectivity index (χ2v) is 5.15. The highest BCUT2D eigenvalue weighted by molar-refractivity contribution is 9.10. The zero-order valence-corrected chi connectivity index (χ0v) is 11.0. The van der Waals surface area contributed by atoms with Crippen molar-refractivity contribution in [1.29, 1.82) is 0 Å². The van der Waals surface area contributed by atoms with E-state index in [0.717, 1.165) is 11.1 Å². The Morgan fingerprint density at radius 3 is 2.69 bits per heavy atom. The van der Waals surface area contributed by atoms with E-state index in [-0.39, 0.29) is 0 Å². The third kappa shape index (κ3) is 2.05. The second-order valence-electron chi connectivity index (χ2n) is 3.56. The fourth-order valence-electron chi connectivity index (χ4n) is 1.55. The SMILES string of the molecule is Cc1cscc1C(O)c1cccc(Br)c1F. The monoisotopic (exact) mass is 300 g/mol. The van der Waals surface area contributed by atoms with Crippen molar-refractivity contribution >= 4 is 27.3 Å². The van der Waals surface area contributed by atoms with E-state index in [4.69, 9.17) is 0 Å². The molecule has 0 aliphatic carbocycles. The second kappa shape index (κ2) is 4.65. The number of hydrogen-bond acceptors (Lipinski definition) is 2. The number of hydrogen-bond donors (Lipinski definition) is 1. The molecule has 0 saturated carbocycles. The first kappa shape index (κ1) is 11.8. The fraction of sp³-hybridized carbons (Fsp3) is 0.167. The van der Waals surface area contributed by atoms with Crippen LogP contribution in [0.5, 0.6) is 0 Å². The first-order valence-corrected chi connectivity index (χ1v) is 6.49. The van der Waals surface area contributed by atoms with Gasteiger partial charge in [-0.2, -0.15) is 11.3 Å². The summed E-state index contributed by atoms with van der Waals surface area (Å²) in [4.78, 5) is 0. The molecule has 1 heterocycles. The highest BCUT2D eigenvalue weighted by Gasteiger charge is 2.18. The topological polar surface area (TPSA) is 20.2 Å². The lowest BCUT2D eigenvalue weighted by molar-refractivity contribution is 0.214. The number of aliphatic hydroxyl groups is 1. The lowest BCUT2D eigenvalue weighted by atomic mass is 10.0. The van der Waals surface area contributed by atoms with Crippen molar-refractivity contribution < 1.29 is 9.50 Å². The molecule has 0 aliphatic heterocycles. The maximum Gasteiger partial charge on any atom is 0.143 e. The molecular formula is C12H10BrFOS. The predicted octanol–water partition coefficient (Wildman–Crippen LogP) is 4.04. The van der Waals surface area contributed by atoms with E-state index >= 15 is 0 Å². The highest BCUT2D eigenvalue weighted by Crippen LogP contribution is 2.31. The van der Waals surface area contributed by atoms with Crippen molar-refractivity contribution in [2.45, 2.75) is 13.0 Å². The Bertz CT molecular complexity index is 509. The number of aliphatic hydroxyl groups excluding tert-OH is 1. The molecule has 0 fully saturated rings. The lowest BCUT2D eigenvalue weighted by Crippen LogP contribution is -2.03. The van der Waals surface area contributed by atoms with E-state index in [1.54, 1.807) is 18.2 Å². The molecular weight excluding hydrogens is 291 g/mol. The largest absolute Gasteiger partial charge is 0.384 e. The Kier molecular flexibility index (Phi) is 3.42. The first-order chi connectivity index (χ1) is 7.61. The van der Waals surface area contributed by atoms with E-state index in [0.29, 0.717) is 10.0 Å². The average Bonchev–Trinajstić information content (AvgIpc) is 2.68. The maximum atomic E-state index is 13.8. The number of aryl methyl sites for hydroxylation is 1. The van der Waals surface area contributed by atoms with Gasteiger partial charge >= 0.3 is 0 Å². The Morgan fingerprint density at radius 2 is 2.06 bits per heavy atom. The molecule has 4 heteroatoms. The van der Waals surface area contributed by atoms with Gasteiger partial charge in [0.1, 0.15) is 11.9 Å². The first-order valence-electron chi connectivity index (χ1n) is 4.76. The Morgan fingerprint density at radius 1 is 1.31 bits per heavy atom. The predicted molar refractivity (Wildman–Crippen MR) is 67.2 cm³/mol. The average molecular weight is 301 g/mol. The molecule has 1 atom stereocenters. The van der Waals surface area contributed by atoms with Gasteiger partial charge in [0.25, 0.3) is 0 Å². The number of halogens is 2. The van der Waals surface area contributed by atoms with Crippen LogP contribution in [0.1, 0.15) is 22.8 Å². The summed E-state index contributed by atoms with van der Waals surface area (Å²) in [5.41, 5.74) is 2.05. The smallest absolute Gasteiger partial charge is 0.143 e. The van der Waals surface area contributed by atoms with Crippen LogP contribution in [0.2, 0.25) is 0 Å². The quantitative estimate of drug-likeness (QED) is 0.887. The minimum absolute atomic E-state index is 0.302. The third-order valence-corrected chi connectivity index (χ3v) is 3.96. The Hall–Kier alpha value is -0.710. The van der Waals surface area contributed by atoms with Gasteiger partial charge in [0.15, 0.2) is 0 Å². The van der Waals surface area contributed by atoms with Crippen LogP contribution in [0.25, 0.3) is 0 Å². The van der Waals surface area contributed by atoms with E-state index < -0.39 is 11.9 Å². The van der Waals surface area contributed by atoms with Crippen molar-refractivity contribution in [2.75, 3.05) is 0 Å². The zero-order chi connectivity index (χ0) is 11.7. The fourth-order valence-corrected chi connectivity index (χ4v) is 2.80. The van der Waals surface area contributed by atoms with E-state index in [2.05, 4.69) is 15.9 Å². The summed E-state index contributed by atoms with van der Waals surface area (Å²) in [6.45, 7) is 1.91. The molecule has 1 nitrogen and oxygen atoms in total. The molecule has 0 radical (unpaired) electrons. The van der Waals surface area contributed by atoms with Crippen LogP contribution in [0.3, 0.4) is 0 Å². The van der Waals surface area contributed by atoms with Crippen LogP contribution in [-0.4, -0.2) is 5.11 Å². The molecule has 84 valence electrons. The maximum absolute atomic E-state index is 13.8. The van der Waals surface area contributed by atoms with Gasteiger partial charge in [-0.3, -0.25) is 0 Å². The van der Waals surface area contributed by atoms with Crippen LogP contribution < -0.4 is 0 Å². The minimum atomic E-state index is -0.899. The lowest BCUT2D eigenvalue weighted by Gasteiger charge is -2.12. The summed E-state index contributed by atoms with van der Waals surface area (Å²) in [5, 5.41) is 13.9. The molecule has 0 spiro atoms. The molecule has 1 aromatic heterocycles. The highest BCUT2D eigenvalue weighted by atomic mass is 79.9. The van der Waals surface area contributed by atoms with Gasteiger partial charge in [0.2, 0.25) is 0 Å². The summed E-state index contributed by atoms with van der Waals surface area (Å²) in [6.07, 6.45) is -0.899. The van der Waals surface area contributed by atoms with Gasteiger partial charge in [-0.15, -0.1) is 0 Å². The van der Waals surface area contributed by atoms with Gasteiger partial charge in [-0.1, -0.05) is 12.1 Å². The number of thiophene rings is 1. The molecule has 0 bridgehead atoms. The number of benzene rings is 1. The number of rotatable bonds is 2. The summed E-state index contributed by atoms with van der Waals surface area (Å²) in [6, 6.07) is 4.93. The van der Waals surface area contributed by atoms with Gasteiger partial charge in [-0.25, -0.2) is 4.39 Å². The summed E-state index contributed by atoms with van der Waals surface area (Å²) < 4.78 is 14.1. The molecule has 2 rings (SSSR count). The molecule has 1 N–H and O–H groups in total. The zero-order valence-electron chi connectivity index (χ0n) is 8.58. The molecule has 16 heavy (non-hydrogen) atoms. The van der Waals surface area contributed by atoms with Crippen molar-refractivity contribution in [3.8, 4) is 0 Å². The van der Waals surface area contributed by atoms with Gasteiger partial charge < -0.3 is 5.11 Å². The molecule has 1 unspecified atom stereocenters. The van der Waals surface area contributed by atoms with Crippen LogP contribution in [0.15, 0.2) is 33.4 Å². The van der Waals surface area contributed by atoms with E-state index in [9.17, 15) is 9.50 Å². The summed E-state index contributed by atoms with van der Waals surface area (Å²) >= 11 is 4.62. The molecule has 0 amide bonds. The Labute approximate surface area is 106 Å². The summed E-state index contributed by atoms with van der Waals surface area (Å²) in [7, 11) is 0. The normalized spacial score (nSPS) is 12.8. The van der Waals surface area contributed by atoms with Crippen LogP contribution in [0, 0.1) is 12.7 Å². The summed E-state index contributed by atoms with van der Waals surface area (Å²) in [5.74, 6) is -0.402. The van der Waals surface area contributed by atoms with Crippen molar-refractivity contribution in [2.24, 2.45) is 0 Å². The minimum Gasteiger partial charge on any atom is -0.384 e. The van der Waals surface area contributed by atoms with Crippen LogP contribution in [-0.2, 0) is 0 Å². The van der Waals surface area contributed by atoms with E-state index in [1.807, 2.05) is 17.7 Å². The Balaban J connectivity index is 2.46. The van der Waals surface area contributed by atoms with Crippen molar-refractivity contribution in [3.63, 3.8) is 0 Å². The standard InChI is InChI=1S/C12H10BrFOS/c1-7-5-16-6-9(7)12(15)8-3-2-4-10(13)11(8)14/h2-6,12,15H,1H3. The van der Waals surface area contributed by atoms with E-state index in [1.165, 1.54) is 11.3 Å². The van der Waals surface area contributed by atoms with Crippen LogP contribution >= 0.6 is 27.3 Å². The van der Waals surface area contributed by atoms with Gasteiger partial charge in [0.05, 0.1) is 4.47 Å². The molecule has 0 aliphatic rings. The van der Waals surface area contributed by atoms with Crippen molar-refractivity contribution in [3.05, 3.63) is 55.9 Å². The van der Waals surface area contributed by atoms with Crippen molar-refractivity contribution in [1.82, 2.24) is 0 Å². The molecule has 0 saturated heterocycles. The van der Waals surface area contributed by atoms with Crippen LogP contribution in [0.4, 0.5) is 4.39 Å². The molecule has 2 aromatic rings.